The first-order valence-corrected chi connectivity index (χ1v) is 10.3. The summed E-state index contributed by atoms with van der Waals surface area (Å²) >= 11 is 1.42. The van der Waals surface area contributed by atoms with Crippen molar-refractivity contribution in [3.63, 3.8) is 0 Å². The second-order valence-corrected chi connectivity index (χ2v) is 8.08. The lowest BCUT2D eigenvalue weighted by molar-refractivity contribution is 0.0716. The van der Waals surface area contributed by atoms with Crippen molar-refractivity contribution in [2.24, 2.45) is 0 Å². The number of anilines is 1. The average Bonchev–Trinajstić information content (AvgIpc) is 3.13. The van der Waals surface area contributed by atoms with E-state index in [1.165, 1.54) is 11.3 Å². The van der Waals surface area contributed by atoms with E-state index in [-0.39, 0.29) is 5.91 Å². The van der Waals surface area contributed by atoms with Gasteiger partial charge in [0.25, 0.3) is 5.91 Å². The van der Waals surface area contributed by atoms with Crippen molar-refractivity contribution >= 4 is 23.1 Å². The molecule has 0 unspecified atom stereocenters. The third-order valence-corrected chi connectivity index (χ3v) is 6.15. The van der Waals surface area contributed by atoms with Crippen LogP contribution in [0.2, 0.25) is 0 Å². The predicted octanol–water partition coefficient (Wildman–Crippen LogP) is 3.82. The number of pyridine rings is 2. The smallest absolute Gasteiger partial charge is 0.265 e. The van der Waals surface area contributed by atoms with Crippen LogP contribution >= 0.6 is 11.3 Å². The van der Waals surface area contributed by atoms with E-state index in [0.717, 1.165) is 59.0 Å². The molecule has 1 fully saturated rings. The number of amides is 1. The van der Waals surface area contributed by atoms with Gasteiger partial charge in [-0.1, -0.05) is 0 Å². The van der Waals surface area contributed by atoms with E-state index in [1.54, 1.807) is 11.7 Å². The quantitative estimate of drug-likeness (QED) is 0.731. The van der Waals surface area contributed by atoms with Crippen LogP contribution in [0.5, 0.6) is 0 Å². The second-order valence-electron chi connectivity index (χ2n) is 7.23. The van der Waals surface area contributed by atoms with Gasteiger partial charge in [0.05, 0.1) is 11.2 Å². The van der Waals surface area contributed by atoms with Gasteiger partial charge in [-0.3, -0.25) is 9.78 Å². The van der Waals surface area contributed by atoms with Gasteiger partial charge in [0.15, 0.2) is 0 Å². The number of carbonyl (C=O) groups excluding carboxylic acids is 1. The summed E-state index contributed by atoms with van der Waals surface area (Å²) in [6.07, 6.45) is 3.63. The average molecular weight is 394 g/mol. The third kappa shape index (κ3) is 3.75. The monoisotopic (exact) mass is 393 g/mol. The van der Waals surface area contributed by atoms with Crippen LogP contribution in [-0.4, -0.2) is 38.8 Å². The first-order valence-electron chi connectivity index (χ1n) is 9.41. The molecule has 1 aliphatic rings. The summed E-state index contributed by atoms with van der Waals surface area (Å²) in [5.41, 5.74) is 12.5. The van der Waals surface area contributed by atoms with Crippen molar-refractivity contribution in [2.45, 2.75) is 32.6 Å². The van der Waals surface area contributed by atoms with Crippen molar-refractivity contribution in [1.29, 1.82) is 0 Å². The Morgan fingerprint density at radius 3 is 2.57 bits per heavy atom. The van der Waals surface area contributed by atoms with E-state index >= 15 is 0 Å². The normalized spacial score (nSPS) is 15.0. The fourth-order valence-electron chi connectivity index (χ4n) is 3.68. The molecule has 2 N–H and O–H groups in total. The van der Waals surface area contributed by atoms with Crippen LogP contribution < -0.4 is 5.73 Å². The Kier molecular flexibility index (Phi) is 5.09. The SMILES string of the molecule is Cc1cc(-c2ccc(N)nc2)cc(C2CCN(C(=O)c3scnc3C)CC2)n1. The first kappa shape index (κ1) is 18.6. The summed E-state index contributed by atoms with van der Waals surface area (Å²) < 4.78 is 0. The molecule has 0 atom stereocenters. The van der Waals surface area contributed by atoms with Gasteiger partial charge in [-0.05, 0) is 56.5 Å². The van der Waals surface area contributed by atoms with Crippen molar-refractivity contribution in [3.05, 3.63) is 57.9 Å². The van der Waals surface area contributed by atoms with E-state index < -0.39 is 0 Å². The lowest BCUT2D eigenvalue weighted by Crippen LogP contribution is -2.38. The fraction of sp³-hybridized carbons (Fsp3) is 0.333. The molecule has 1 aliphatic heterocycles. The number of piperidine rings is 1. The van der Waals surface area contributed by atoms with Crippen LogP contribution in [0.3, 0.4) is 0 Å². The molecule has 4 rings (SSSR count). The molecule has 0 bridgehead atoms. The minimum absolute atomic E-state index is 0.101. The lowest BCUT2D eigenvalue weighted by Gasteiger charge is -2.31. The molecule has 6 nitrogen and oxygen atoms in total. The van der Waals surface area contributed by atoms with Crippen molar-refractivity contribution in [1.82, 2.24) is 19.9 Å². The Morgan fingerprint density at radius 2 is 1.93 bits per heavy atom. The molecule has 0 spiro atoms. The van der Waals surface area contributed by atoms with Gasteiger partial charge in [0.2, 0.25) is 0 Å². The number of nitrogens with two attached hydrogens (primary N) is 1. The Hall–Kier alpha value is -2.80. The number of thiazole rings is 1. The number of aryl methyl sites for hydroxylation is 2. The molecule has 144 valence electrons. The summed E-state index contributed by atoms with van der Waals surface area (Å²) in [6, 6.07) is 8.02. The minimum atomic E-state index is 0.101. The summed E-state index contributed by atoms with van der Waals surface area (Å²) in [6.45, 7) is 5.40. The molecule has 0 aromatic carbocycles. The van der Waals surface area contributed by atoms with Crippen molar-refractivity contribution in [2.75, 3.05) is 18.8 Å². The van der Waals surface area contributed by atoms with Crippen LogP contribution in [0.15, 0.2) is 36.0 Å². The third-order valence-electron chi connectivity index (χ3n) is 5.23. The maximum Gasteiger partial charge on any atom is 0.265 e. The zero-order valence-corrected chi connectivity index (χ0v) is 16.9. The predicted molar refractivity (Wildman–Crippen MR) is 111 cm³/mol. The number of carbonyl (C=O) groups is 1. The summed E-state index contributed by atoms with van der Waals surface area (Å²) in [4.78, 5) is 28.6. The van der Waals surface area contributed by atoms with Gasteiger partial charge < -0.3 is 10.6 Å². The molecular formula is C21H23N5OS. The Bertz CT molecular complexity index is 990. The number of hydrogen-bond acceptors (Lipinski definition) is 6. The zero-order valence-electron chi connectivity index (χ0n) is 16.1. The lowest BCUT2D eigenvalue weighted by atomic mass is 9.91. The van der Waals surface area contributed by atoms with Crippen LogP contribution in [-0.2, 0) is 0 Å². The zero-order chi connectivity index (χ0) is 19.7. The Balaban J connectivity index is 1.49. The van der Waals surface area contributed by atoms with Gasteiger partial charge in [0.1, 0.15) is 10.7 Å². The van der Waals surface area contributed by atoms with Crippen LogP contribution in [0.1, 0.15) is 45.5 Å². The summed E-state index contributed by atoms with van der Waals surface area (Å²) in [5.74, 6) is 0.972. The van der Waals surface area contributed by atoms with E-state index in [4.69, 9.17) is 10.7 Å². The van der Waals surface area contributed by atoms with Gasteiger partial charge in [-0.25, -0.2) is 9.97 Å². The topological polar surface area (TPSA) is 85.0 Å². The molecule has 0 aliphatic carbocycles. The number of aromatic nitrogens is 3. The van der Waals surface area contributed by atoms with E-state index in [0.29, 0.717) is 11.7 Å². The summed E-state index contributed by atoms with van der Waals surface area (Å²) in [5, 5.41) is 0. The highest BCUT2D eigenvalue weighted by molar-refractivity contribution is 7.11. The molecule has 1 saturated heterocycles. The Morgan fingerprint density at radius 1 is 1.14 bits per heavy atom. The molecule has 28 heavy (non-hydrogen) atoms. The molecule has 7 heteroatoms. The van der Waals surface area contributed by atoms with Gasteiger partial charge in [-0.15, -0.1) is 11.3 Å². The number of nitrogen functional groups attached to an aromatic ring is 1. The van der Waals surface area contributed by atoms with Crippen LogP contribution in [0, 0.1) is 13.8 Å². The molecule has 1 amide bonds. The summed E-state index contributed by atoms with van der Waals surface area (Å²) in [7, 11) is 0. The van der Waals surface area contributed by atoms with E-state index in [1.807, 2.05) is 30.9 Å². The highest BCUT2D eigenvalue weighted by Crippen LogP contribution is 2.31. The number of nitrogens with zero attached hydrogens (tertiary/aromatic N) is 4. The number of hydrogen-bond donors (Lipinski definition) is 1. The number of rotatable bonds is 3. The fourth-order valence-corrected chi connectivity index (χ4v) is 4.44. The molecule has 0 saturated carbocycles. The van der Waals surface area contributed by atoms with E-state index in [9.17, 15) is 4.79 Å². The van der Waals surface area contributed by atoms with E-state index in [2.05, 4.69) is 22.1 Å². The van der Waals surface area contributed by atoms with Crippen molar-refractivity contribution in [3.8, 4) is 11.1 Å². The highest BCUT2D eigenvalue weighted by atomic mass is 32.1. The second kappa shape index (κ2) is 7.67. The maximum absolute atomic E-state index is 12.7. The van der Waals surface area contributed by atoms with Gasteiger partial charge in [0, 0.05) is 42.2 Å². The van der Waals surface area contributed by atoms with Crippen LogP contribution in [0.25, 0.3) is 11.1 Å². The Labute approximate surface area is 168 Å². The minimum Gasteiger partial charge on any atom is -0.384 e. The molecule has 0 radical (unpaired) electrons. The standard InChI is InChI=1S/C21H23N5OS/c1-13-9-17(16-3-4-19(22)23-11-16)10-18(25-13)15-5-7-26(8-6-15)21(27)20-14(2)24-12-28-20/h3-4,9-12,15H,5-8H2,1-2H3,(H2,22,23). The first-order chi connectivity index (χ1) is 13.5. The van der Waals surface area contributed by atoms with Gasteiger partial charge >= 0.3 is 0 Å². The largest absolute Gasteiger partial charge is 0.384 e. The van der Waals surface area contributed by atoms with Gasteiger partial charge in [-0.2, -0.15) is 0 Å². The van der Waals surface area contributed by atoms with Crippen LogP contribution in [0.4, 0.5) is 5.82 Å². The number of likely N-dealkylation sites (tertiary alicyclic amines) is 1. The molecule has 3 aromatic heterocycles. The van der Waals surface area contributed by atoms with Crippen molar-refractivity contribution < 1.29 is 4.79 Å². The molecule has 4 heterocycles. The maximum atomic E-state index is 12.7. The molecule has 3 aromatic rings. The highest BCUT2D eigenvalue weighted by Gasteiger charge is 2.27. The molecular weight excluding hydrogens is 370 g/mol.